The number of benzene rings is 3. The molecule has 1 aliphatic heterocycles. The Balaban J connectivity index is 1.37. The number of hydrogen-bond acceptors (Lipinski definition) is 5. The Morgan fingerprint density at radius 3 is 2.38 bits per heavy atom. The van der Waals surface area contributed by atoms with Crippen molar-refractivity contribution in [1.82, 2.24) is 9.88 Å². The second-order valence-corrected chi connectivity index (χ2v) is 9.94. The van der Waals surface area contributed by atoms with Gasteiger partial charge in [-0.3, -0.25) is 9.59 Å². The third-order valence-electron chi connectivity index (χ3n) is 6.43. The van der Waals surface area contributed by atoms with Crippen molar-refractivity contribution in [3.05, 3.63) is 98.8 Å². The maximum Gasteiger partial charge on any atom is 0.283 e. The summed E-state index contributed by atoms with van der Waals surface area (Å²) in [5.74, 6) is -2.16. The number of hydrogen-bond donors (Lipinski definition) is 1. The molecule has 200 valence electrons. The molecular formula is C29H23F3N2O4S. The summed E-state index contributed by atoms with van der Waals surface area (Å²) in [6, 6.07) is 14.4. The monoisotopic (exact) mass is 552 g/mol. The molecule has 10 heteroatoms. The number of halogens is 3. The van der Waals surface area contributed by atoms with Crippen molar-refractivity contribution >= 4 is 33.5 Å². The third-order valence-corrected chi connectivity index (χ3v) is 7.46. The molecule has 39 heavy (non-hydrogen) atoms. The van der Waals surface area contributed by atoms with E-state index in [-0.39, 0.29) is 46.4 Å². The van der Waals surface area contributed by atoms with Crippen LogP contribution in [0.4, 0.5) is 18.0 Å². The molecule has 0 radical (unpaired) electrons. The van der Waals surface area contributed by atoms with Crippen molar-refractivity contribution in [2.75, 3.05) is 19.8 Å². The zero-order valence-corrected chi connectivity index (χ0v) is 21.8. The van der Waals surface area contributed by atoms with Crippen LogP contribution >= 0.6 is 11.8 Å². The number of nitrogens with zero attached hydrogens (tertiary/aromatic N) is 1. The number of carbonyl (C=O) groups is 1. The van der Waals surface area contributed by atoms with Crippen LogP contribution in [-0.2, 0) is 7.05 Å². The van der Waals surface area contributed by atoms with Gasteiger partial charge in [-0.1, -0.05) is 12.1 Å². The van der Waals surface area contributed by atoms with Crippen LogP contribution in [0.15, 0.2) is 70.4 Å². The number of pyridine rings is 1. The van der Waals surface area contributed by atoms with E-state index in [4.69, 9.17) is 9.47 Å². The van der Waals surface area contributed by atoms with Crippen molar-refractivity contribution in [1.29, 1.82) is 0 Å². The van der Waals surface area contributed by atoms with Crippen LogP contribution < -0.4 is 20.2 Å². The molecule has 0 aliphatic carbocycles. The minimum atomic E-state index is -1.09. The SMILES string of the molecule is C/C(=C1/CNC(=O)S1)c1ccc(OCCOc2c(-c3ccc(F)c(F)c3)n(C)c3cc(F)ccc3c2=O)cc1. The first kappa shape index (κ1) is 26.4. The molecule has 1 fully saturated rings. The van der Waals surface area contributed by atoms with Crippen molar-refractivity contribution in [3.63, 3.8) is 0 Å². The number of carbonyl (C=O) groups excluding carboxylic acids is 1. The quantitative estimate of drug-likeness (QED) is 0.274. The highest BCUT2D eigenvalue weighted by atomic mass is 32.2. The fourth-order valence-corrected chi connectivity index (χ4v) is 5.17. The molecule has 5 rings (SSSR count). The lowest BCUT2D eigenvalue weighted by Crippen LogP contribution is -2.18. The standard InChI is InChI=1S/C29H23F3N2O4S/c1-16(25-15-33-29(36)39-25)17-3-7-20(8-4-17)37-11-12-38-28-26(18-5-10-22(31)23(32)13-18)34(2)24-14-19(30)6-9-21(24)27(28)35/h3-10,13-14H,11-12,15H2,1-2H3,(H,33,36)/b25-16+. The molecule has 0 atom stereocenters. The van der Waals surface area contributed by atoms with Gasteiger partial charge in [-0.15, -0.1) is 0 Å². The molecule has 3 aromatic carbocycles. The van der Waals surface area contributed by atoms with E-state index in [2.05, 4.69) is 5.32 Å². The van der Waals surface area contributed by atoms with E-state index in [0.29, 0.717) is 12.3 Å². The molecule has 6 nitrogen and oxygen atoms in total. The first-order chi connectivity index (χ1) is 18.7. The maximum absolute atomic E-state index is 14.1. The Bertz CT molecular complexity index is 1680. The van der Waals surface area contributed by atoms with Gasteiger partial charge in [0.15, 0.2) is 17.4 Å². The van der Waals surface area contributed by atoms with Crippen molar-refractivity contribution in [3.8, 4) is 22.8 Å². The molecule has 1 aromatic heterocycles. The molecule has 0 saturated carbocycles. The number of aryl methyl sites for hydroxylation is 1. The highest BCUT2D eigenvalue weighted by Crippen LogP contribution is 2.33. The second kappa shape index (κ2) is 10.9. The summed E-state index contributed by atoms with van der Waals surface area (Å²) in [6.07, 6.45) is 0. The zero-order valence-electron chi connectivity index (χ0n) is 21.0. The van der Waals surface area contributed by atoms with Crippen LogP contribution in [0.3, 0.4) is 0 Å². The van der Waals surface area contributed by atoms with Crippen LogP contribution in [-0.4, -0.2) is 29.6 Å². The largest absolute Gasteiger partial charge is 0.490 e. The van der Waals surface area contributed by atoms with Crippen LogP contribution in [0.25, 0.3) is 27.7 Å². The summed E-state index contributed by atoms with van der Waals surface area (Å²) in [5.41, 5.74) is 2.13. The first-order valence-corrected chi connectivity index (χ1v) is 12.8. The fourth-order valence-electron chi connectivity index (χ4n) is 4.39. The predicted octanol–water partition coefficient (Wildman–Crippen LogP) is 6.27. The summed E-state index contributed by atoms with van der Waals surface area (Å²) in [4.78, 5) is 25.8. The highest BCUT2D eigenvalue weighted by Gasteiger charge is 2.21. The number of amides is 1. The molecular weight excluding hydrogens is 529 g/mol. The minimum Gasteiger partial charge on any atom is -0.490 e. The Labute approximate surface area is 226 Å². The van der Waals surface area contributed by atoms with Gasteiger partial charge in [0.1, 0.15) is 24.8 Å². The van der Waals surface area contributed by atoms with E-state index in [1.807, 2.05) is 19.1 Å². The molecule has 1 aliphatic rings. The summed E-state index contributed by atoms with van der Waals surface area (Å²) < 4.78 is 54.8. The number of thioether (sulfide) groups is 1. The average molecular weight is 553 g/mol. The van der Waals surface area contributed by atoms with Gasteiger partial charge in [0, 0.05) is 22.9 Å². The van der Waals surface area contributed by atoms with Gasteiger partial charge < -0.3 is 19.4 Å². The van der Waals surface area contributed by atoms with Gasteiger partial charge in [0.05, 0.1) is 17.8 Å². The third kappa shape index (κ3) is 5.37. The summed E-state index contributed by atoms with van der Waals surface area (Å²) in [5, 5.41) is 2.93. The van der Waals surface area contributed by atoms with Gasteiger partial charge >= 0.3 is 0 Å². The van der Waals surface area contributed by atoms with Gasteiger partial charge in [-0.2, -0.15) is 0 Å². The lowest BCUT2D eigenvalue weighted by molar-refractivity contribution is 0.216. The smallest absolute Gasteiger partial charge is 0.283 e. The normalized spacial score (nSPS) is 14.4. The van der Waals surface area contributed by atoms with E-state index in [0.717, 1.165) is 28.2 Å². The molecule has 0 spiro atoms. The van der Waals surface area contributed by atoms with Crippen molar-refractivity contribution in [2.24, 2.45) is 7.05 Å². The highest BCUT2D eigenvalue weighted by molar-refractivity contribution is 8.17. The summed E-state index contributed by atoms with van der Waals surface area (Å²) >= 11 is 1.19. The van der Waals surface area contributed by atoms with Gasteiger partial charge in [-0.05, 0) is 78.4 Å². The van der Waals surface area contributed by atoms with Crippen LogP contribution in [0.2, 0.25) is 0 Å². The van der Waals surface area contributed by atoms with E-state index >= 15 is 0 Å². The molecule has 1 amide bonds. The Hall–Kier alpha value is -4.18. The lowest BCUT2D eigenvalue weighted by Gasteiger charge is -2.18. The Morgan fingerprint density at radius 2 is 1.69 bits per heavy atom. The van der Waals surface area contributed by atoms with Crippen molar-refractivity contribution in [2.45, 2.75) is 6.92 Å². The maximum atomic E-state index is 14.1. The van der Waals surface area contributed by atoms with E-state index in [1.165, 1.54) is 40.6 Å². The Morgan fingerprint density at radius 1 is 0.949 bits per heavy atom. The number of rotatable bonds is 7. The first-order valence-electron chi connectivity index (χ1n) is 12.0. The van der Waals surface area contributed by atoms with E-state index in [9.17, 15) is 22.8 Å². The molecule has 1 saturated heterocycles. The van der Waals surface area contributed by atoms with E-state index < -0.39 is 22.9 Å². The Kier molecular flexibility index (Phi) is 7.38. The molecule has 0 unspecified atom stereocenters. The molecule has 0 bridgehead atoms. The molecule has 1 N–H and O–H groups in total. The lowest BCUT2D eigenvalue weighted by atomic mass is 10.1. The van der Waals surface area contributed by atoms with Gasteiger partial charge in [0.2, 0.25) is 5.43 Å². The predicted molar refractivity (Wildman–Crippen MR) is 146 cm³/mol. The number of nitrogens with one attached hydrogen (secondary N) is 1. The summed E-state index contributed by atoms with van der Waals surface area (Å²) in [6.45, 7) is 2.54. The van der Waals surface area contributed by atoms with Crippen LogP contribution in [0.1, 0.15) is 12.5 Å². The number of allylic oxidation sites excluding steroid dienone is 1. The van der Waals surface area contributed by atoms with Crippen LogP contribution in [0, 0.1) is 17.5 Å². The number of fused-ring (bicyclic) bond motifs is 1. The van der Waals surface area contributed by atoms with Crippen molar-refractivity contribution < 1.29 is 27.4 Å². The van der Waals surface area contributed by atoms with Gasteiger partial charge in [-0.25, -0.2) is 13.2 Å². The zero-order chi connectivity index (χ0) is 27.7. The van der Waals surface area contributed by atoms with Crippen LogP contribution in [0.5, 0.6) is 11.5 Å². The molecule has 4 aromatic rings. The second-order valence-electron chi connectivity index (χ2n) is 8.87. The molecule has 2 heterocycles. The summed E-state index contributed by atoms with van der Waals surface area (Å²) in [7, 11) is 1.59. The van der Waals surface area contributed by atoms with E-state index in [1.54, 1.807) is 19.2 Å². The minimum absolute atomic E-state index is 0.0200. The number of ether oxygens (including phenoxy) is 2. The fraction of sp³-hybridized carbons (Fsp3) is 0.172. The topological polar surface area (TPSA) is 69.6 Å². The average Bonchev–Trinajstić information content (AvgIpc) is 3.37. The number of aromatic nitrogens is 1. The van der Waals surface area contributed by atoms with Gasteiger partial charge in [0.25, 0.3) is 5.24 Å².